The molecule has 0 bridgehead atoms. The Morgan fingerprint density at radius 3 is 2.68 bits per heavy atom. The Kier molecular flexibility index (Phi) is 3.44. The molecule has 0 saturated heterocycles. The molecule has 2 aromatic carbocycles. The number of aliphatic hydroxyl groups is 1. The number of rotatable bonds is 2. The molecular weight excluding hydrogens is 280 g/mol. The van der Waals surface area contributed by atoms with Gasteiger partial charge in [-0.1, -0.05) is 29.8 Å². The van der Waals surface area contributed by atoms with E-state index in [9.17, 15) is 10.2 Å². The van der Waals surface area contributed by atoms with Gasteiger partial charge in [0.2, 0.25) is 0 Å². The van der Waals surface area contributed by atoms with Crippen LogP contribution in [-0.4, -0.2) is 16.8 Å². The maximum absolute atomic E-state index is 10.0. The molecule has 1 aliphatic rings. The average molecular weight is 293 g/mol. The van der Waals surface area contributed by atoms with E-state index in [4.69, 9.17) is 11.6 Å². The van der Waals surface area contributed by atoms with Crippen LogP contribution in [0.4, 0.5) is 0 Å². The lowest BCUT2D eigenvalue weighted by Gasteiger charge is -2.19. The summed E-state index contributed by atoms with van der Waals surface area (Å²) in [6, 6.07) is 13.1. The number of thioether (sulfide) groups is 1. The van der Waals surface area contributed by atoms with Crippen molar-refractivity contribution in [1.82, 2.24) is 0 Å². The lowest BCUT2D eigenvalue weighted by molar-refractivity contribution is 0.263. The summed E-state index contributed by atoms with van der Waals surface area (Å²) < 4.78 is 0. The number of fused-ring (bicyclic) bond motifs is 1. The number of halogens is 1. The maximum Gasteiger partial charge on any atom is 0.120 e. The van der Waals surface area contributed by atoms with Crippen LogP contribution in [-0.2, 0) is 0 Å². The molecule has 0 fully saturated rings. The fourth-order valence-corrected chi connectivity index (χ4v) is 4.18. The SMILES string of the molecule is OCC1c2ccccc2SC1c1cc(Cl)ccc1O. The summed E-state index contributed by atoms with van der Waals surface area (Å²) >= 11 is 7.68. The predicted molar refractivity (Wildman–Crippen MR) is 78.0 cm³/mol. The van der Waals surface area contributed by atoms with E-state index < -0.39 is 0 Å². The van der Waals surface area contributed by atoms with Crippen molar-refractivity contribution in [1.29, 1.82) is 0 Å². The molecule has 19 heavy (non-hydrogen) atoms. The van der Waals surface area contributed by atoms with Gasteiger partial charge in [0.1, 0.15) is 5.75 Å². The number of aliphatic hydroxyl groups excluding tert-OH is 1. The zero-order valence-electron chi connectivity index (χ0n) is 10.1. The van der Waals surface area contributed by atoms with Crippen LogP contribution < -0.4 is 0 Å². The molecule has 98 valence electrons. The summed E-state index contributed by atoms with van der Waals surface area (Å²) in [5.41, 5.74) is 1.92. The third-order valence-electron chi connectivity index (χ3n) is 3.43. The van der Waals surface area contributed by atoms with E-state index in [1.807, 2.05) is 24.3 Å². The first-order valence-electron chi connectivity index (χ1n) is 6.05. The summed E-state index contributed by atoms with van der Waals surface area (Å²) in [5.74, 6) is 0.221. The fourth-order valence-electron chi connectivity index (χ4n) is 2.50. The number of phenolic OH excluding ortho intramolecular Hbond substituents is 1. The van der Waals surface area contributed by atoms with Gasteiger partial charge in [0.05, 0.1) is 6.61 Å². The Morgan fingerprint density at radius 2 is 1.89 bits per heavy atom. The van der Waals surface area contributed by atoms with E-state index >= 15 is 0 Å². The molecule has 0 aromatic heterocycles. The Morgan fingerprint density at radius 1 is 1.11 bits per heavy atom. The minimum atomic E-state index is -0.00873. The van der Waals surface area contributed by atoms with E-state index in [1.165, 1.54) is 0 Å². The Labute approximate surface area is 121 Å². The molecule has 4 heteroatoms. The molecular formula is C15H13ClO2S. The van der Waals surface area contributed by atoms with Crippen molar-refractivity contribution < 1.29 is 10.2 Å². The van der Waals surface area contributed by atoms with Gasteiger partial charge in [-0.25, -0.2) is 0 Å². The van der Waals surface area contributed by atoms with E-state index in [2.05, 4.69) is 0 Å². The van der Waals surface area contributed by atoms with Crippen LogP contribution in [0.1, 0.15) is 22.3 Å². The van der Waals surface area contributed by atoms with Crippen molar-refractivity contribution in [3.63, 3.8) is 0 Å². The standard InChI is InChI=1S/C15H13ClO2S/c16-9-5-6-13(18)11(7-9)15-12(8-17)10-3-1-2-4-14(10)19-15/h1-7,12,15,17-18H,8H2. The minimum absolute atomic E-state index is 0.00102. The molecule has 0 saturated carbocycles. The summed E-state index contributed by atoms with van der Waals surface area (Å²) in [5, 5.41) is 20.3. The summed E-state index contributed by atoms with van der Waals surface area (Å²) in [6.45, 7) is 0.0562. The highest BCUT2D eigenvalue weighted by molar-refractivity contribution is 8.00. The van der Waals surface area contributed by atoms with Crippen molar-refractivity contribution >= 4 is 23.4 Å². The molecule has 0 aliphatic carbocycles. The summed E-state index contributed by atoms with van der Waals surface area (Å²) in [6.07, 6.45) is 0. The van der Waals surface area contributed by atoms with Crippen molar-refractivity contribution in [2.75, 3.05) is 6.61 Å². The largest absolute Gasteiger partial charge is 0.508 e. The Hall–Kier alpha value is -1.16. The topological polar surface area (TPSA) is 40.5 Å². The van der Waals surface area contributed by atoms with Gasteiger partial charge in [-0.3, -0.25) is 0 Å². The second-order valence-corrected chi connectivity index (χ2v) is 6.19. The average Bonchev–Trinajstić information content (AvgIpc) is 2.79. The molecule has 1 heterocycles. The maximum atomic E-state index is 10.0. The lowest BCUT2D eigenvalue weighted by atomic mass is 9.92. The van der Waals surface area contributed by atoms with Crippen LogP contribution in [0.15, 0.2) is 47.4 Å². The van der Waals surface area contributed by atoms with Crippen LogP contribution in [0.2, 0.25) is 5.02 Å². The number of benzene rings is 2. The highest BCUT2D eigenvalue weighted by atomic mass is 35.5. The van der Waals surface area contributed by atoms with Gasteiger partial charge < -0.3 is 10.2 Å². The third-order valence-corrected chi connectivity index (χ3v) is 5.13. The highest BCUT2D eigenvalue weighted by Gasteiger charge is 2.35. The van der Waals surface area contributed by atoms with Gasteiger partial charge in [0, 0.05) is 26.6 Å². The van der Waals surface area contributed by atoms with Crippen LogP contribution in [0, 0.1) is 0 Å². The van der Waals surface area contributed by atoms with Gasteiger partial charge in [-0.15, -0.1) is 11.8 Å². The number of hydrogen-bond acceptors (Lipinski definition) is 3. The van der Waals surface area contributed by atoms with Gasteiger partial charge >= 0.3 is 0 Å². The van der Waals surface area contributed by atoms with Crippen LogP contribution in [0.5, 0.6) is 5.75 Å². The van der Waals surface area contributed by atoms with Gasteiger partial charge in [-0.2, -0.15) is 0 Å². The molecule has 2 atom stereocenters. The van der Waals surface area contributed by atoms with Crippen molar-refractivity contribution in [2.24, 2.45) is 0 Å². The number of hydrogen-bond donors (Lipinski definition) is 2. The second-order valence-electron chi connectivity index (χ2n) is 4.57. The van der Waals surface area contributed by atoms with Crippen LogP contribution >= 0.6 is 23.4 Å². The number of phenols is 1. The molecule has 0 spiro atoms. The number of aromatic hydroxyl groups is 1. The van der Waals surface area contributed by atoms with Gasteiger partial charge in [-0.05, 0) is 29.8 Å². The summed E-state index contributed by atoms with van der Waals surface area (Å²) in [7, 11) is 0. The second kappa shape index (κ2) is 5.08. The van der Waals surface area contributed by atoms with E-state index in [1.54, 1.807) is 30.0 Å². The molecule has 0 amide bonds. The molecule has 3 rings (SSSR count). The zero-order chi connectivity index (χ0) is 13.4. The first kappa shape index (κ1) is 12.9. The van der Waals surface area contributed by atoms with Crippen LogP contribution in [0.3, 0.4) is 0 Å². The van der Waals surface area contributed by atoms with Crippen LogP contribution in [0.25, 0.3) is 0 Å². The Balaban J connectivity index is 2.05. The van der Waals surface area contributed by atoms with Crippen molar-refractivity contribution in [3.8, 4) is 5.75 Å². The lowest BCUT2D eigenvalue weighted by Crippen LogP contribution is -2.08. The minimum Gasteiger partial charge on any atom is -0.508 e. The van der Waals surface area contributed by atoms with Crippen molar-refractivity contribution in [2.45, 2.75) is 16.1 Å². The van der Waals surface area contributed by atoms with E-state index in [-0.39, 0.29) is 23.5 Å². The molecule has 2 aromatic rings. The smallest absolute Gasteiger partial charge is 0.120 e. The zero-order valence-corrected chi connectivity index (χ0v) is 11.7. The molecule has 1 aliphatic heterocycles. The van der Waals surface area contributed by atoms with Gasteiger partial charge in [0.15, 0.2) is 0 Å². The third kappa shape index (κ3) is 2.22. The first-order valence-corrected chi connectivity index (χ1v) is 7.31. The predicted octanol–water partition coefficient (Wildman–Crippen LogP) is 3.97. The molecule has 2 nitrogen and oxygen atoms in total. The summed E-state index contributed by atoms with van der Waals surface area (Å²) in [4.78, 5) is 1.16. The monoisotopic (exact) mass is 292 g/mol. The first-order chi connectivity index (χ1) is 9.20. The quantitative estimate of drug-likeness (QED) is 0.880. The van der Waals surface area contributed by atoms with Gasteiger partial charge in [0.25, 0.3) is 0 Å². The highest BCUT2D eigenvalue weighted by Crippen LogP contribution is 2.55. The Bertz CT molecular complexity index is 615. The van der Waals surface area contributed by atoms with E-state index in [0.29, 0.717) is 5.02 Å². The fraction of sp³-hybridized carbons (Fsp3) is 0.200. The van der Waals surface area contributed by atoms with E-state index in [0.717, 1.165) is 16.0 Å². The normalized spacial score (nSPS) is 21.4. The molecule has 0 radical (unpaired) electrons. The molecule has 2 unspecified atom stereocenters. The van der Waals surface area contributed by atoms with Crippen molar-refractivity contribution in [3.05, 3.63) is 58.6 Å². The molecule has 2 N–H and O–H groups in total.